The van der Waals surface area contributed by atoms with Crippen molar-refractivity contribution in [3.05, 3.63) is 23.3 Å². The lowest BCUT2D eigenvalue weighted by molar-refractivity contribution is -0.146. The molecule has 0 aliphatic carbocycles. The summed E-state index contributed by atoms with van der Waals surface area (Å²) in [5.74, 6) is -0.150. The fourth-order valence-electron chi connectivity index (χ4n) is 2.67. The summed E-state index contributed by atoms with van der Waals surface area (Å²) in [5, 5.41) is 12.1. The number of hydrogen-bond donors (Lipinski definition) is 2. The average Bonchev–Trinajstić information content (AvgIpc) is 2.86. The molecule has 0 bridgehead atoms. The number of hydrogen-bond acceptors (Lipinski definition) is 3. The molecule has 2 rings (SSSR count). The Labute approximate surface area is 130 Å². The molecular weight excluding hydrogens is 284 g/mol. The fraction of sp³-hybridized carbons (Fsp3) is 0.500. The summed E-state index contributed by atoms with van der Waals surface area (Å²) >= 11 is 0. The number of benzene rings is 1. The first kappa shape index (κ1) is 16.1. The number of anilines is 1. The molecule has 1 aromatic rings. The van der Waals surface area contributed by atoms with Gasteiger partial charge in [-0.05, 0) is 44.9 Å². The lowest BCUT2D eigenvalue weighted by Gasteiger charge is -2.21. The van der Waals surface area contributed by atoms with Gasteiger partial charge < -0.3 is 20.1 Å². The lowest BCUT2D eigenvalue weighted by atomic mass is 9.90. The van der Waals surface area contributed by atoms with Gasteiger partial charge in [0.2, 0.25) is 0 Å². The number of nitrogens with zero attached hydrogens (tertiary/aromatic N) is 1. The van der Waals surface area contributed by atoms with E-state index < -0.39 is 11.4 Å². The van der Waals surface area contributed by atoms with Gasteiger partial charge in [-0.25, -0.2) is 4.79 Å². The molecular formula is C16H22N2O4. The van der Waals surface area contributed by atoms with Gasteiger partial charge in [-0.3, -0.25) is 4.79 Å². The summed E-state index contributed by atoms with van der Waals surface area (Å²) in [4.78, 5) is 25.2. The monoisotopic (exact) mass is 306 g/mol. The van der Waals surface area contributed by atoms with Crippen LogP contribution < -0.4 is 10.1 Å². The molecule has 1 heterocycles. The fourth-order valence-corrected chi connectivity index (χ4v) is 2.67. The molecule has 6 heteroatoms. The molecule has 2 amide bonds. The second kappa shape index (κ2) is 5.87. The average molecular weight is 306 g/mol. The number of aliphatic carboxylic acids is 1. The molecule has 22 heavy (non-hydrogen) atoms. The third kappa shape index (κ3) is 3.00. The zero-order chi connectivity index (χ0) is 16.5. The van der Waals surface area contributed by atoms with Crippen molar-refractivity contribution in [2.75, 3.05) is 25.5 Å². The van der Waals surface area contributed by atoms with Gasteiger partial charge in [-0.15, -0.1) is 0 Å². The van der Waals surface area contributed by atoms with Gasteiger partial charge in [0, 0.05) is 24.3 Å². The number of ether oxygens (including phenoxy) is 1. The van der Waals surface area contributed by atoms with Gasteiger partial charge in [0.15, 0.2) is 0 Å². The van der Waals surface area contributed by atoms with E-state index in [4.69, 9.17) is 4.74 Å². The Morgan fingerprint density at radius 2 is 2.05 bits per heavy atom. The van der Waals surface area contributed by atoms with Crippen molar-refractivity contribution in [3.63, 3.8) is 0 Å². The topological polar surface area (TPSA) is 78.9 Å². The highest BCUT2D eigenvalue weighted by Gasteiger charge is 2.42. The van der Waals surface area contributed by atoms with E-state index in [0.29, 0.717) is 24.4 Å². The van der Waals surface area contributed by atoms with Crippen LogP contribution in [0, 0.1) is 19.3 Å². The van der Waals surface area contributed by atoms with Gasteiger partial charge in [0.05, 0.1) is 12.5 Å². The largest absolute Gasteiger partial charge is 0.496 e. The molecule has 6 nitrogen and oxygen atoms in total. The van der Waals surface area contributed by atoms with Crippen molar-refractivity contribution in [1.82, 2.24) is 4.90 Å². The molecule has 1 unspecified atom stereocenters. The Morgan fingerprint density at radius 3 is 2.59 bits per heavy atom. The molecule has 1 aliphatic heterocycles. The minimum atomic E-state index is -0.865. The first-order valence-corrected chi connectivity index (χ1v) is 7.21. The smallest absolute Gasteiger partial charge is 0.321 e. The number of carbonyl (C=O) groups excluding carboxylic acids is 1. The van der Waals surface area contributed by atoms with Crippen LogP contribution in [0.2, 0.25) is 0 Å². The number of aryl methyl sites for hydroxylation is 1. The summed E-state index contributed by atoms with van der Waals surface area (Å²) in [6.07, 6.45) is 0.464. The quantitative estimate of drug-likeness (QED) is 0.900. The molecule has 1 atom stereocenters. The normalized spacial score (nSPS) is 20.8. The zero-order valence-electron chi connectivity index (χ0n) is 13.4. The Kier molecular flexibility index (Phi) is 4.30. The number of urea groups is 1. The number of carboxylic acid groups (broad SMARTS) is 1. The van der Waals surface area contributed by atoms with Crippen molar-refractivity contribution >= 4 is 17.7 Å². The van der Waals surface area contributed by atoms with Crippen LogP contribution in [0.3, 0.4) is 0 Å². The second-order valence-corrected chi connectivity index (χ2v) is 6.11. The Hall–Kier alpha value is -2.24. The highest BCUT2D eigenvalue weighted by molar-refractivity contribution is 5.91. The number of nitrogens with one attached hydrogen (secondary N) is 1. The molecule has 2 N–H and O–H groups in total. The maximum Gasteiger partial charge on any atom is 0.321 e. The van der Waals surface area contributed by atoms with E-state index in [2.05, 4.69) is 5.32 Å². The maximum atomic E-state index is 12.4. The van der Waals surface area contributed by atoms with Gasteiger partial charge >= 0.3 is 12.0 Å². The third-order valence-electron chi connectivity index (χ3n) is 4.24. The highest BCUT2D eigenvalue weighted by Crippen LogP contribution is 2.32. The molecule has 120 valence electrons. The Bertz CT molecular complexity index is 614. The number of likely N-dealkylation sites (tertiary alicyclic amines) is 1. The molecule has 0 saturated carbocycles. The highest BCUT2D eigenvalue weighted by atomic mass is 16.5. The van der Waals surface area contributed by atoms with Gasteiger partial charge in [0.1, 0.15) is 5.75 Å². The van der Waals surface area contributed by atoms with Crippen molar-refractivity contribution in [1.29, 1.82) is 0 Å². The van der Waals surface area contributed by atoms with Crippen LogP contribution in [-0.2, 0) is 4.79 Å². The summed E-state index contributed by atoms with van der Waals surface area (Å²) in [6.45, 7) is 6.13. The predicted octanol–water partition coefficient (Wildman–Crippen LogP) is 2.64. The summed E-state index contributed by atoms with van der Waals surface area (Å²) in [6, 6.07) is 3.51. The maximum absolute atomic E-state index is 12.4. The van der Waals surface area contributed by atoms with Crippen LogP contribution >= 0.6 is 0 Å². The van der Waals surface area contributed by atoms with E-state index in [0.717, 1.165) is 11.1 Å². The first-order valence-electron chi connectivity index (χ1n) is 7.21. The third-order valence-corrected chi connectivity index (χ3v) is 4.24. The molecule has 0 spiro atoms. The molecule has 1 aliphatic rings. The van der Waals surface area contributed by atoms with Gasteiger partial charge in [-0.1, -0.05) is 0 Å². The molecule has 1 saturated heterocycles. The molecule has 1 fully saturated rings. The summed E-state index contributed by atoms with van der Waals surface area (Å²) < 4.78 is 5.30. The number of carboxylic acids is 1. The van der Waals surface area contributed by atoms with E-state index in [1.165, 1.54) is 0 Å². The lowest BCUT2D eigenvalue weighted by Crippen LogP contribution is -2.37. The minimum Gasteiger partial charge on any atom is -0.496 e. The zero-order valence-corrected chi connectivity index (χ0v) is 13.4. The van der Waals surface area contributed by atoms with Crippen LogP contribution in [0.25, 0.3) is 0 Å². The van der Waals surface area contributed by atoms with Crippen molar-refractivity contribution in [3.8, 4) is 5.75 Å². The molecule has 0 aromatic heterocycles. The number of amides is 2. The SMILES string of the molecule is COc1cc(C)cc(NC(=O)N2CCC(C)(C(=O)O)C2)c1C. The standard InChI is InChI=1S/C16H22N2O4/c1-10-7-12(11(2)13(8-10)22-4)17-15(21)18-6-5-16(3,9-18)14(19)20/h7-8H,5-6,9H2,1-4H3,(H,17,21)(H,19,20). The number of methoxy groups -OCH3 is 1. The minimum absolute atomic E-state index is 0.218. The van der Waals surface area contributed by atoms with Crippen molar-refractivity contribution in [2.45, 2.75) is 27.2 Å². The van der Waals surface area contributed by atoms with E-state index >= 15 is 0 Å². The number of rotatable bonds is 3. The Balaban J connectivity index is 2.14. The van der Waals surface area contributed by atoms with Gasteiger partial charge in [-0.2, -0.15) is 0 Å². The number of carbonyl (C=O) groups is 2. The molecule has 0 radical (unpaired) electrons. The summed E-state index contributed by atoms with van der Waals surface area (Å²) in [5.41, 5.74) is 1.65. The second-order valence-electron chi connectivity index (χ2n) is 6.11. The first-order chi connectivity index (χ1) is 10.3. The van der Waals surface area contributed by atoms with Crippen molar-refractivity contribution < 1.29 is 19.4 Å². The van der Waals surface area contributed by atoms with E-state index in [-0.39, 0.29) is 12.6 Å². The van der Waals surface area contributed by atoms with Crippen LogP contribution in [0.1, 0.15) is 24.5 Å². The van der Waals surface area contributed by atoms with E-state index in [1.54, 1.807) is 18.9 Å². The van der Waals surface area contributed by atoms with Crippen LogP contribution in [0.4, 0.5) is 10.5 Å². The molecule has 1 aromatic carbocycles. The van der Waals surface area contributed by atoms with Gasteiger partial charge in [0.25, 0.3) is 0 Å². The van der Waals surface area contributed by atoms with Crippen molar-refractivity contribution in [2.24, 2.45) is 5.41 Å². The van der Waals surface area contributed by atoms with E-state index in [1.807, 2.05) is 26.0 Å². The summed E-state index contributed by atoms with van der Waals surface area (Å²) in [7, 11) is 1.59. The van der Waals surface area contributed by atoms with Crippen LogP contribution in [-0.4, -0.2) is 42.2 Å². The van der Waals surface area contributed by atoms with Crippen LogP contribution in [0.15, 0.2) is 12.1 Å². The Morgan fingerprint density at radius 1 is 1.36 bits per heavy atom. The van der Waals surface area contributed by atoms with E-state index in [9.17, 15) is 14.7 Å². The predicted molar refractivity (Wildman–Crippen MR) is 83.4 cm³/mol. The van der Waals surface area contributed by atoms with Crippen LogP contribution in [0.5, 0.6) is 5.75 Å².